The van der Waals surface area contributed by atoms with Gasteiger partial charge in [-0.25, -0.2) is 9.18 Å². The Bertz CT molecular complexity index is 633. The van der Waals surface area contributed by atoms with E-state index in [1.54, 1.807) is 24.4 Å². The number of urea groups is 1. The molecule has 1 heterocycles. The van der Waals surface area contributed by atoms with Crippen LogP contribution in [0.1, 0.15) is 19.5 Å². The van der Waals surface area contributed by atoms with Crippen molar-refractivity contribution in [3.63, 3.8) is 0 Å². The summed E-state index contributed by atoms with van der Waals surface area (Å²) in [4.78, 5) is 15.8. The minimum absolute atomic E-state index is 0.0418. The fraction of sp³-hybridized carbons (Fsp3) is 0.250. The number of aromatic nitrogens is 1. The second kappa shape index (κ2) is 7.40. The second-order valence-corrected chi connectivity index (χ2v) is 4.94. The van der Waals surface area contributed by atoms with Crippen LogP contribution in [0.4, 0.5) is 14.9 Å². The van der Waals surface area contributed by atoms with Gasteiger partial charge >= 0.3 is 6.03 Å². The molecule has 1 aromatic heterocycles. The van der Waals surface area contributed by atoms with E-state index in [0.29, 0.717) is 5.75 Å². The van der Waals surface area contributed by atoms with E-state index >= 15 is 0 Å². The molecule has 0 bridgehead atoms. The molecule has 0 radical (unpaired) electrons. The van der Waals surface area contributed by atoms with Crippen molar-refractivity contribution in [3.8, 4) is 5.75 Å². The Morgan fingerprint density at radius 1 is 1.32 bits per heavy atom. The Kier molecular flexibility index (Phi) is 5.30. The van der Waals surface area contributed by atoms with Crippen LogP contribution in [0, 0.1) is 5.82 Å². The number of halogens is 1. The molecule has 2 aromatic rings. The van der Waals surface area contributed by atoms with Crippen molar-refractivity contribution in [1.82, 2.24) is 10.3 Å². The number of benzene rings is 1. The van der Waals surface area contributed by atoms with Gasteiger partial charge in [-0.1, -0.05) is 6.07 Å². The number of hydrogen-bond donors (Lipinski definition) is 2. The molecule has 0 unspecified atom stereocenters. The summed E-state index contributed by atoms with van der Waals surface area (Å²) < 4.78 is 19.3. The van der Waals surface area contributed by atoms with Gasteiger partial charge in [-0.05, 0) is 38.1 Å². The zero-order valence-corrected chi connectivity index (χ0v) is 12.5. The third kappa shape index (κ3) is 4.73. The van der Waals surface area contributed by atoms with Crippen LogP contribution in [0.3, 0.4) is 0 Å². The molecule has 2 rings (SSSR count). The molecule has 0 saturated carbocycles. The highest BCUT2D eigenvalue weighted by molar-refractivity contribution is 5.89. The first-order valence-corrected chi connectivity index (χ1v) is 6.95. The van der Waals surface area contributed by atoms with Gasteiger partial charge in [-0.15, -0.1) is 0 Å². The number of amides is 2. The lowest BCUT2D eigenvalue weighted by Crippen LogP contribution is -2.28. The minimum atomic E-state index is -0.550. The van der Waals surface area contributed by atoms with Crippen molar-refractivity contribution in [3.05, 3.63) is 54.1 Å². The van der Waals surface area contributed by atoms with Crippen LogP contribution >= 0.6 is 0 Å². The van der Waals surface area contributed by atoms with Gasteiger partial charge in [0.25, 0.3) is 0 Å². The molecule has 0 saturated heterocycles. The number of carbonyl (C=O) groups is 1. The molecule has 22 heavy (non-hydrogen) atoms. The van der Waals surface area contributed by atoms with Crippen molar-refractivity contribution in [1.29, 1.82) is 0 Å². The van der Waals surface area contributed by atoms with Crippen molar-refractivity contribution in [2.75, 3.05) is 5.32 Å². The van der Waals surface area contributed by atoms with Crippen LogP contribution in [-0.2, 0) is 6.54 Å². The molecule has 0 aliphatic rings. The lowest BCUT2D eigenvalue weighted by atomic mass is 10.3. The second-order valence-electron chi connectivity index (χ2n) is 4.94. The van der Waals surface area contributed by atoms with Crippen LogP contribution in [0.25, 0.3) is 0 Å². The van der Waals surface area contributed by atoms with Crippen LogP contribution in [0.15, 0.2) is 42.6 Å². The first-order chi connectivity index (χ1) is 10.5. The molecule has 0 atom stereocenters. The molecule has 1 aromatic carbocycles. The van der Waals surface area contributed by atoms with E-state index < -0.39 is 11.8 Å². The van der Waals surface area contributed by atoms with Gasteiger partial charge in [0.1, 0.15) is 11.6 Å². The summed E-state index contributed by atoms with van der Waals surface area (Å²) in [5.74, 6) is -0.127. The van der Waals surface area contributed by atoms with E-state index in [2.05, 4.69) is 15.6 Å². The predicted octanol–water partition coefficient (Wildman–Crippen LogP) is 3.33. The highest BCUT2D eigenvalue weighted by atomic mass is 19.1. The molecular formula is C16H18FN3O2. The van der Waals surface area contributed by atoms with Crippen molar-refractivity contribution >= 4 is 11.7 Å². The molecule has 0 aliphatic carbocycles. The zero-order chi connectivity index (χ0) is 15.9. The maximum atomic E-state index is 13.9. The van der Waals surface area contributed by atoms with Crippen molar-refractivity contribution in [2.24, 2.45) is 0 Å². The Labute approximate surface area is 128 Å². The van der Waals surface area contributed by atoms with Crippen LogP contribution in [0.2, 0.25) is 0 Å². The van der Waals surface area contributed by atoms with E-state index in [4.69, 9.17) is 4.74 Å². The smallest absolute Gasteiger partial charge is 0.319 e. The van der Waals surface area contributed by atoms with Gasteiger partial charge in [0.2, 0.25) is 0 Å². The first-order valence-electron chi connectivity index (χ1n) is 6.95. The van der Waals surface area contributed by atoms with E-state index in [9.17, 15) is 9.18 Å². The van der Waals surface area contributed by atoms with Gasteiger partial charge in [0.15, 0.2) is 0 Å². The Hall–Kier alpha value is -2.63. The molecule has 0 fully saturated rings. The molecule has 2 N–H and O–H groups in total. The molecule has 2 amide bonds. The SMILES string of the molecule is CC(C)Oc1ccc(NC(=O)NCc2ccccn2)c(F)c1. The molecule has 5 nitrogen and oxygen atoms in total. The maximum Gasteiger partial charge on any atom is 0.319 e. The summed E-state index contributed by atoms with van der Waals surface area (Å²) in [5.41, 5.74) is 0.813. The number of nitrogens with one attached hydrogen (secondary N) is 2. The largest absolute Gasteiger partial charge is 0.491 e. The quantitative estimate of drug-likeness (QED) is 0.890. The molecule has 0 aliphatic heterocycles. The van der Waals surface area contributed by atoms with Crippen LogP contribution in [-0.4, -0.2) is 17.1 Å². The van der Waals surface area contributed by atoms with Gasteiger partial charge in [-0.2, -0.15) is 0 Å². The third-order valence-electron chi connectivity index (χ3n) is 2.72. The van der Waals surface area contributed by atoms with Gasteiger partial charge < -0.3 is 15.4 Å². The summed E-state index contributed by atoms with van der Waals surface area (Å²) in [6, 6.07) is 9.23. The molecule has 116 valence electrons. The summed E-state index contributed by atoms with van der Waals surface area (Å²) in [6.07, 6.45) is 1.60. The highest BCUT2D eigenvalue weighted by Gasteiger charge is 2.09. The Balaban J connectivity index is 1.91. The number of carbonyl (C=O) groups excluding carboxylic acids is 1. The van der Waals surface area contributed by atoms with Gasteiger partial charge in [0, 0.05) is 12.3 Å². The lowest BCUT2D eigenvalue weighted by Gasteiger charge is -2.12. The van der Waals surface area contributed by atoms with E-state index in [1.807, 2.05) is 19.9 Å². The zero-order valence-electron chi connectivity index (χ0n) is 12.5. The monoisotopic (exact) mass is 303 g/mol. The third-order valence-corrected chi connectivity index (χ3v) is 2.72. The predicted molar refractivity (Wildman–Crippen MR) is 82.3 cm³/mol. The highest BCUT2D eigenvalue weighted by Crippen LogP contribution is 2.21. The van der Waals surface area contributed by atoms with E-state index in [1.165, 1.54) is 12.1 Å². The Morgan fingerprint density at radius 2 is 2.14 bits per heavy atom. The molecular weight excluding hydrogens is 285 g/mol. The van der Waals surface area contributed by atoms with Crippen molar-refractivity contribution < 1.29 is 13.9 Å². The van der Waals surface area contributed by atoms with Crippen LogP contribution < -0.4 is 15.4 Å². The lowest BCUT2D eigenvalue weighted by molar-refractivity contribution is 0.241. The minimum Gasteiger partial charge on any atom is -0.491 e. The number of nitrogens with zero attached hydrogens (tertiary/aromatic N) is 1. The summed E-state index contributed by atoms with van der Waals surface area (Å²) in [7, 11) is 0. The van der Waals surface area contributed by atoms with E-state index in [0.717, 1.165) is 5.69 Å². The average Bonchev–Trinajstić information content (AvgIpc) is 2.48. The fourth-order valence-corrected chi connectivity index (χ4v) is 1.78. The summed E-state index contributed by atoms with van der Waals surface area (Å²) >= 11 is 0. The molecule has 0 spiro atoms. The van der Waals surface area contributed by atoms with Crippen molar-refractivity contribution in [2.45, 2.75) is 26.5 Å². The fourth-order valence-electron chi connectivity index (χ4n) is 1.78. The Morgan fingerprint density at radius 3 is 2.77 bits per heavy atom. The topological polar surface area (TPSA) is 63.2 Å². The summed E-state index contributed by atoms with van der Waals surface area (Å²) in [5, 5.41) is 5.06. The van der Waals surface area contributed by atoms with Gasteiger partial charge in [-0.3, -0.25) is 4.98 Å². The number of rotatable bonds is 5. The number of anilines is 1. The first kappa shape index (κ1) is 15.8. The van der Waals surface area contributed by atoms with Crippen LogP contribution in [0.5, 0.6) is 5.75 Å². The average molecular weight is 303 g/mol. The molecule has 6 heteroatoms. The maximum absolute atomic E-state index is 13.9. The standard InChI is InChI=1S/C16H18FN3O2/c1-11(2)22-13-6-7-15(14(17)9-13)20-16(21)19-10-12-5-3-4-8-18-12/h3-9,11H,10H2,1-2H3,(H2,19,20,21). The number of hydrogen-bond acceptors (Lipinski definition) is 3. The number of ether oxygens (including phenoxy) is 1. The van der Waals surface area contributed by atoms with Gasteiger partial charge in [0.05, 0.1) is 24.0 Å². The number of pyridine rings is 1. The van der Waals surface area contributed by atoms with E-state index in [-0.39, 0.29) is 18.3 Å². The summed E-state index contributed by atoms with van der Waals surface area (Å²) in [6.45, 7) is 3.98. The normalized spacial score (nSPS) is 10.4.